The molecule has 0 heterocycles. The molecule has 4 heteroatoms. The van der Waals surface area contributed by atoms with Crippen molar-refractivity contribution in [3.63, 3.8) is 0 Å². The first-order valence-corrected chi connectivity index (χ1v) is 7.71. The van der Waals surface area contributed by atoms with E-state index in [1.807, 2.05) is 19.1 Å². The highest BCUT2D eigenvalue weighted by atomic mass is 35.5. The molecular formula is C16H24ClNO2. The van der Waals surface area contributed by atoms with E-state index in [4.69, 9.17) is 16.3 Å². The number of benzene rings is 1. The molecular weight excluding hydrogens is 274 g/mol. The number of hydrogen-bond donors (Lipinski definition) is 1. The average Bonchev–Trinajstić information content (AvgIpc) is 2.44. The van der Waals surface area contributed by atoms with Crippen molar-refractivity contribution in [2.24, 2.45) is 0 Å². The molecule has 0 unspecified atom stereocenters. The van der Waals surface area contributed by atoms with Crippen LogP contribution in [0.25, 0.3) is 0 Å². The number of carbonyl (C=O) groups excluding carboxylic acids is 1. The summed E-state index contributed by atoms with van der Waals surface area (Å²) in [7, 11) is 0. The molecule has 0 radical (unpaired) electrons. The van der Waals surface area contributed by atoms with Gasteiger partial charge in [-0.25, -0.2) is 0 Å². The van der Waals surface area contributed by atoms with Gasteiger partial charge in [-0.3, -0.25) is 4.79 Å². The monoisotopic (exact) mass is 297 g/mol. The molecule has 0 saturated heterocycles. The fraction of sp³-hybridized carbons (Fsp3) is 0.562. The Balaban J connectivity index is 1.92. The zero-order valence-corrected chi connectivity index (χ0v) is 12.9. The Bertz CT molecular complexity index is 379. The normalized spacial score (nSPS) is 10.5. The lowest BCUT2D eigenvalue weighted by atomic mass is 10.1. The highest BCUT2D eigenvalue weighted by Gasteiger charge is 2.00. The number of halogens is 1. The molecule has 0 aliphatic rings. The van der Waals surface area contributed by atoms with Crippen molar-refractivity contribution in [1.82, 2.24) is 5.32 Å². The van der Waals surface area contributed by atoms with E-state index in [1.165, 1.54) is 5.56 Å². The van der Waals surface area contributed by atoms with Crippen LogP contribution < -0.4 is 5.32 Å². The van der Waals surface area contributed by atoms with E-state index < -0.39 is 0 Å². The smallest absolute Gasteiger partial charge is 0.305 e. The minimum Gasteiger partial charge on any atom is -0.466 e. The molecule has 0 fully saturated rings. The highest BCUT2D eigenvalue weighted by Crippen LogP contribution is 2.09. The predicted octanol–water partition coefficient (Wildman–Crippen LogP) is 3.60. The topological polar surface area (TPSA) is 38.3 Å². The molecule has 3 nitrogen and oxygen atoms in total. The quantitative estimate of drug-likeness (QED) is 0.530. The molecule has 0 saturated carbocycles. The first-order chi connectivity index (χ1) is 9.72. The van der Waals surface area contributed by atoms with Crippen LogP contribution in [0.4, 0.5) is 0 Å². The average molecular weight is 298 g/mol. The van der Waals surface area contributed by atoms with Crippen LogP contribution in [-0.4, -0.2) is 25.7 Å². The lowest BCUT2D eigenvalue weighted by Crippen LogP contribution is -2.18. The van der Waals surface area contributed by atoms with Gasteiger partial charge in [0.1, 0.15) is 0 Å². The van der Waals surface area contributed by atoms with Gasteiger partial charge >= 0.3 is 5.97 Å². The third-order valence-electron chi connectivity index (χ3n) is 3.04. The summed E-state index contributed by atoms with van der Waals surface area (Å²) < 4.78 is 4.88. The van der Waals surface area contributed by atoms with E-state index >= 15 is 0 Å². The number of hydrogen-bond acceptors (Lipinski definition) is 3. The molecule has 0 amide bonds. The van der Waals surface area contributed by atoms with Crippen LogP contribution in [0.3, 0.4) is 0 Å². The van der Waals surface area contributed by atoms with E-state index in [0.29, 0.717) is 13.0 Å². The Morgan fingerprint density at radius 2 is 1.90 bits per heavy atom. The lowest BCUT2D eigenvalue weighted by Gasteiger charge is -2.05. The minimum atomic E-state index is -0.0804. The van der Waals surface area contributed by atoms with Crippen molar-refractivity contribution >= 4 is 17.6 Å². The fourth-order valence-electron chi connectivity index (χ4n) is 1.94. The Morgan fingerprint density at radius 1 is 1.15 bits per heavy atom. The third-order valence-corrected chi connectivity index (χ3v) is 3.30. The van der Waals surface area contributed by atoms with Gasteiger partial charge in [-0.05, 0) is 57.0 Å². The SMILES string of the molecule is CCOC(=O)CCCCCNCCc1ccc(Cl)cc1. The van der Waals surface area contributed by atoms with Gasteiger partial charge in [0.2, 0.25) is 0 Å². The summed E-state index contributed by atoms with van der Waals surface area (Å²) in [4.78, 5) is 11.1. The van der Waals surface area contributed by atoms with Gasteiger partial charge in [0.15, 0.2) is 0 Å². The summed E-state index contributed by atoms with van der Waals surface area (Å²) in [6.45, 7) is 4.28. The first-order valence-electron chi connectivity index (χ1n) is 7.33. The van der Waals surface area contributed by atoms with E-state index in [9.17, 15) is 4.79 Å². The summed E-state index contributed by atoms with van der Waals surface area (Å²) in [6.07, 6.45) is 4.63. The van der Waals surface area contributed by atoms with Crippen molar-refractivity contribution < 1.29 is 9.53 Å². The van der Waals surface area contributed by atoms with E-state index in [2.05, 4.69) is 17.4 Å². The Labute approximate surface area is 126 Å². The molecule has 0 atom stereocenters. The van der Waals surface area contributed by atoms with Gasteiger partial charge in [0.05, 0.1) is 6.61 Å². The van der Waals surface area contributed by atoms with Crippen LogP contribution in [0.15, 0.2) is 24.3 Å². The Morgan fingerprint density at radius 3 is 2.60 bits per heavy atom. The van der Waals surface area contributed by atoms with Gasteiger partial charge in [0, 0.05) is 11.4 Å². The minimum absolute atomic E-state index is 0.0804. The summed E-state index contributed by atoms with van der Waals surface area (Å²) in [5, 5.41) is 4.19. The van der Waals surface area contributed by atoms with Crippen LogP contribution in [-0.2, 0) is 16.0 Å². The molecule has 0 spiro atoms. The Kier molecular flexibility index (Phi) is 9.09. The van der Waals surface area contributed by atoms with E-state index in [-0.39, 0.29) is 5.97 Å². The van der Waals surface area contributed by atoms with Crippen LogP contribution >= 0.6 is 11.6 Å². The first kappa shape index (κ1) is 17.0. The number of carbonyl (C=O) groups is 1. The lowest BCUT2D eigenvalue weighted by molar-refractivity contribution is -0.143. The summed E-state index contributed by atoms with van der Waals surface area (Å²) in [5.41, 5.74) is 1.30. The second-order valence-electron chi connectivity index (χ2n) is 4.74. The maximum Gasteiger partial charge on any atom is 0.305 e. The Hall–Kier alpha value is -1.06. The summed E-state index contributed by atoms with van der Waals surface area (Å²) in [5.74, 6) is -0.0804. The number of ether oxygens (including phenoxy) is 1. The maximum atomic E-state index is 11.1. The highest BCUT2D eigenvalue weighted by molar-refractivity contribution is 6.30. The van der Waals surface area contributed by atoms with E-state index in [1.54, 1.807) is 0 Å². The van der Waals surface area contributed by atoms with Gasteiger partial charge in [0.25, 0.3) is 0 Å². The van der Waals surface area contributed by atoms with Crippen LogP contribution in [0.1, 0.15) is 38.2 Å². The van der Waals surface area contributed by atoms with Gasteiger partial charge in [-0.1, -0.05) is 30.2 Å². The molecule has 1 N–H and O–H groups in total. The zero-order chi connectivity index (χ0) is 14.6. The largest absolute Gasteiger partial charge is 0.466 e. The van der Waals surface area contributed by atoms with Crippen molar-refractivity contribution in [2.75, 3.05) is 19.7 Å². The van der Waals surface area contributed by atoms with Gasteiger partial charge in [-0.15, -0.1) is 0 Å². The number of unbranched alkanes of at least 4 members (excludes halogenated alkanes) is 2. The van der Waals surface area contributed by atoms with Crippen molar-refractivity contribution in [3.05, 3.63) is 34.9 Å². The molecule has 0 aliphatic heterocycles. The summed E-state index contributed by atoms with van der Waals surface area (Å²) >= 11 is 5.84. The maximum absolute atomic E-state index is 11.1. The molecule has 1 aromatic carbocycles. The third kappa shape index (κ3) is 8.18. The van der Waals surface area contributed by atoms with Gasteiger partial charge in [-0.2, -0.15) is 0 Å². The predicted molar refractivity (Wildman–Crippen MR) is 83.1 cm³/mol. The summed E-state index contributed by atoms with van der Waals surface area (Å²) in [6, 6.07) is 7.96. The zero-order valence-electron chi connectivity index (χ0n) is 12.2. The van der Waals surface area contributed by atoms with E-state index in [0.717, 1.165) is 43.8 Å². The second kappa shape index (κ2) is 10.7. The molecule has 0 aliphatic carbocycles. The number of nitrogens with one attached hydrogen (secondary N) is 1. The second-order valence-corrected chi connectivity index (χ2v) is 5.18. The van der Waals surface area contributed by atoms with Crippen molar-refractivity contribution in [1.29, 1.82) is 0 Å². The fourth-order valence-corrected chi connectivity index (χ4v) is 2.06. The molecule has 1 rings (SSSR count). The van der Waals surface area contributed by atoms with Crippen LogP contribution in [0, 0.1) is 0 Å². The molecule has 0 bridgehead atoms. The van der Waals surface area contributed by atoms with Crippen LogP contribution in [0.5, 0.6) is 0 Å². The molecule has 20 heavy (non-hydrogen) atoms. The number of rotatable bonds is 10. The van der Waals surface area contributed by atoms with Crippen molar-refractivity contribution in [3.8, 4) is 0 Å². The number of esters is 1. The molecule has 0 aromatic heterocycles. The van der Waals surface area contributed by atoms with Gasteiger partial charge < -0.3 is 10.1 Å². The standard InChI is InChI=1S/C16H24ClNO2/c1-2-20-16(19)6-4-3-5-12-18-13-11-14-7-9-15(17)10-8-14/h7-10,18H,2-6,11-13H2,1H3. The molecule has 1 aromatic rings. The van der Waals surface area contributed by atoms with Crippen LogP contribution in [0.2, 0.25) is 5.02 Å². The molecule has 112 valence electrons. The van der Waals surface area contributed by atoms with Crippen molar-refractivity contribution in [2.45, 2.75) is 39.0 Å².